The lowest BCUT2D eigenvalue weighted by atomic mass is 10.0. The van der Waals surface area contributed by atoms with E-state index in [0.29, 0.717) is 12.2 Å². The Morgan fingerprint density at radius 1 is 1.04 bits per heavy atom. The molecule has 0 unspecified atom stereocenters. The number of hydrogen-bond acceptors (Lipinski definition) is 4. The standard InChI is InChI=1S/C23H24BrNO3/c1-3-4-5-6-13-28-23(26)20-15-22(16-7-10-18(27-2)11-8-16)25-21-12-9-17(24)14-19(20)21/h7-12,14-15H,3-6,13H2,1-2H3. The average Bonchev–Trinajstić information content (AvgIpc) is 2.72. The molecule has 0 aliphatic carbocycles. The molecule has 0 radical (unpaired) electrons. The molecule has 0 spiro atoms. The van der Waals surface area contributed by atoms with Gasteiger partial charge in [-0.05, 0) is 55.0 Å². The summed E-state index contributed by atoms with van der Waals surface area (Å²) < 4.78 is 11.7. The van der Waals surface area contributed by atoms with Crippen LogP contribution in [0.3, 0.4) is 0 Å². The summed E-state index contributed by atoms with van der Waals surface area (Å²) in [7, 11) is 1.63. The fourth-order valence-corrected chi connectivity index (χ4v) is 3.41. The molecule has 3 aromatic rings. The fraction of sp³-hybridized carbons (Fsp3) is 0.304. The van der Waals surface area contributed by atoms with E-state index in [1.807, 2.05) is 48.5 Å². The maximum Gasteiger partial charge on any atom is 0.338 e. The van der Waals surface area contributed by atoms with Gasteiger partial charge in [0, 0.05) is 15.4 Å². The molecule has 3 rings (SSSR count). The number of hydrogen-bond donors (Lipinski definition) is 0. The topological polar surface area (TPSA) is 48.4 Å². The van der Waals surface area contributed by atoms with Crippen LogP contribution in [0, 0.1) is 0 Å². The summed E-state index contributed by atoms with van der Waals surface area (Å²) >= 11 is 3.48. The van der Waals surface area contributed by atoms with E-state index in [4.69, 9.17) is 14.5 Å². The molecule has 0 fully saturated rings. The van der Waals surface area contributed by atoms with Crippen LogP contribution in [-0.4, -0.2) is 24.7 Å². The highest BCUT2D eigenvalue weighted by Gasteiger charge is 2.16. The number of aromatic nitrogens is 1. The second kappa shape index (κ2) is 9.69. The number of carbonyl (C=O) groups is 1. The zero-order chi connectivity index (χ0) is 19.9. The lowest BCUT2D eigenvalue weighted by molar-refractivity contribution is 0.0500. The van der Waals surface area contributed by atoms with E-state index in [0.717, 1.165) is 58.1 Å². The minimum Gasteiger partial charge on any atom is -0.497 e. The summed E-state index contributed by atoms with van der Waals surface area (Å²) in [5.41, 5.74) is 2.94. The molecule has 0 saturated carbocycles. The van der Waals surface area contributed by atoms with Crippen molar-refractivity contribution >= 4 is 32.8 Å². The van der Waals surface area contributed by atoms with Crippen molar-refractivity contribution in [2.75, 3.05) is 13.7 Å². The van der Waals surface area contributed by atoms with Crippen LogP contribution in [-0.2, 0) is 4.74 Å². The van der Waals surface area contributed by atoms with Crippen molar-refractivity contribution in [2.45, 2.75) is 32.6 Å². The van der Waals surface area contributed by atoms with Gasteiger partial charge in [0.2, 0.25) is 0 Å². The third kappa shape index (κ3) is 4.90. The predicted octanol–water partition coefficient (Wildman–Crippen LogP) is 6.41. The highest BCUT2D eigenvalue weighted by molar-refractivity contribution is 9.10. The maximum absolute atomic E-state index is 12.8. The number of benzene rings is 2. The van der Waals surface area contributed by atoms with Crippen molar-refractivity contribution in [1.29, 1.82) is 0 Å². The number of fused-ring (bicyclic) bond motifs is 1. The van der Waals surface area contributed by atoms with Crippen LogP contribution in [0.5, 0.6) is 5.75 Å². The Morgan fingerprint density at radius 3 is 2.54 bits per heavy atom. The number of unbranched alkanes of at least 4 members (excludes halogenated alkanes) is 3. The van der Waals surface area contributed by atoms with Gasteiger partial charge >= 0.3 is 5.97 Å². The maximum atomic E-state index is 12.8. The number of pyridine rings is 1. The highest BCUT2D eigenvalue weighted by atomic mass is 79.9. The molecule has 0 atom stereocenters. The van der Waals surface area contributed by atoms with Gasteiger partial charge in [-0.3, -0.25) is 0 Å². The molecule has 1 aromatic heterocycles. The van der Waals surface area contributed by atoms with Gasteiger partial charge < -0.3 is 9.47 Å². The number of carbonyl (C=O) groups excluding carboxylic acids is 1. The molecule has 0 saturated heterocycles. The van der Waals surface area contributed by atoms with Crippen LogP contribution in [0.4, 0.5) is 0 Å². The predicted molar refractivity (Wildman–Crippen MR) is 116 cm³/mol. The van der Waals surface area contributed by atoms with Gasteiger partial charge in [-0.25, -0.2) is 9.78 Å². The van der Waals surface area contributed by atoms with Crippen molar-refractivity contribution in [3.63, 3.8) is 0 Å². The summed E-state index contributed by atoms with van der Waals surface area (Å²) in [6.45, 7) is 2.60. The molecule has 0 amide bonds. The molecule has 0 aliphatic heterocycles. The van der Waals surface area contributed by atoms with Crippen molar-refractivity contribution in [2.24, 2.45) is 0 Å². The molecule has 0 aliphatic rings. The number of rotatable bonds is 8. The minimum atomic E-state index is -0.309. The van der Waals surface area contributed by atoms with E-state index in [2.05, 4.69) is 22.9 Å². The summed E-state index contributed by atoms with van der Waals surface area (Å²) in [6, 6.07) is 15.2. The van der Waals surface area contributed by atoms with Gasteiger partial charge in [-0.2, -0.15) is 0 Å². The Bertz CT molecular complexity index is 954. The summed E-state index contributed by atoms with van der Waals surface area (Å²) in [6.07, 6.45) is 4.27. The largest absolute Gasteiger partial charge is 0.497 e. The molecule has 28 heavy (non-hydrogen) atoms. The molecule has 1 heterocycles. The molecule has 0 bridgehead atoms. The Hall–Kier alpha value is -2.40. The number of esters is 1. The van der Waals surface area contributed by atoms with Crippen molar-refractivity contribution in [1.82, 2.24) is 4.98 Å². The van der Waals surface area contributed by atoms with Crippen molar-refractivity contribution < 1.29 is 14.3 Å². The Morgan fingerprint density at radius 2 is 1.82 bits per heavy atom. The van der Waals surface area contributed by atoms with Crippen LogP contribution in [0.1, 0.15) is 43.0 Å². The van der Waals surface area contributed by atoms with Crippen LogP contribution < -0.4 is 4.74 Å². The second-order valence-corrected chi connectivity index (χ2v) is 7.56. The lowest BCUT2D eigenvalue weighted by Gasteiger charge is -2.11. The second-order valence-electron chi connectivity index (χ2n) is 6.64. The lowest BCUT2D eigenvalue weighted by Crippen LogP contribution is -2.08. The van der Waals surface area contributed by atoms with Crippen LogP contribution in [0.2, 0.25) is 0 Å². The van der Waals surface area contributed by atoms with Crippen molar-refractivity contribution in [3.8, 4) is 17.0 Å². The molecular formula is C23H24BrNO3. The van der Waals surface area contributed by atoms with Gasteiger partial charge in [0.25, 0.3) is 0 Å². The highest BCUT2D eigenvalue weighted by Crippen LogP contribution is 2.28. The first-order valence-electron chi connectivity index (χ1n) is 9.54. The summed E-state index contributed by atoms with van der Waals surface area (Å²) in [5.74, 6) is 0.469. The molecule has 146 valence electrons. The van der Waals surface area contributed by atoms with E-state index < -0.39 is 0 Å². The first-order valence-corrected chi connectivity index (χ1v) is 10.3. The first kappa shape index (κ1) is 20.3. The molecule has 0 N–H and O–H groups in total. The SMILES string of the molecule is CCCCCCOC(=O)c1cc(-c2ccc(OC)cc2)nc2ccc(Br)cc12. The number of nitrogens with zero attached hydrogens (tertiary/aromatic N) is 1. The van der Waals surface area contributed by atoms with Crippen LogP contribution in [0.25, 0.3) is 22.2 Å². The van der Waals surface area contributed by atoms with E-state index in [-0.39, 0.29) is 5.97 Å². The van der Waals surface area contributed by atoms with Crippen LogP contribution >= 0.6 is 15.9 Å². The molecule has 4 nitrogen and oxygen atoms in total. The Kier molecular flexibility index (Phi) is 7.04. The monoisotopic (exact) mass is 441 g/mol. The van der Waals surface area contributed by atoms with Gasteiger partial charge in [-0.1, -0.05) is 42.1 Å². The Labute approximate surface area is 174 Å². The van der Waals surface area contributed by atoms with E-state index >= 15 is 0 Å². The third-order valence-corrected chi connectivity index (χ3v) is 5.10. The van der Waals surface area contributed by atoms with E-state index in [1.165, 1.54) is 0 Å². The number of methoxy groups -OCH3 is 1. The molecular weight excluding hydrogens is 418 g/mol. The van der Waals surface area contributed by atoms with Crippen LogP contribution in [0.15, 0.2) is 53.0 Å². The first-order chi connectivity index (χ1) is 13.6. The third-order valence-electron chi connectivity index (χ3n) is 4.61. The fourth-order valence-electron chi connectivity index (χ4n) is 3.05. The van der Waals surface area contributed by atoms with E-state index in [1.54, 1.807) is 7.11 Å². The zero-order valence-electron chi connectivity index (χ0n) is 16.2. The quantitative estimate of drug-likeness (QED) is 0.299. The Balaban J connectivity index is 1.94. The van der Waals surface area contributed by atoms with Crippen molar-refractivity contribution in [3.05, 3.63) is 58.6 Å². The molecule has 5 heteroatoms. The van der Waals surface area contributed by atoms with Gasteiger partial charge in [0.1, 0.15) is 5.75 Å². The van der Waals surface area contributed by atoms with E-state index in [9.17, 15) is 4.79 Å². The van der Waals surface area contributed by atoms with Gasteiger partial charge in [0.15, 0.2) is 0 Å². The minimum absolute atomic E-state index is 0.309. The zero-order valence-corrected chi connectivity index (χ0v) is 17.8. The van der Waals surface area contributed by atoms with Gasteiger partial charge in [-0.15, -0.1) is 0 Å². The molecule has 2 aromatic carbocycles. The van der Waals surface area contributed by atoms with Gasteiger partial charge in [0.05, 0.1) is 30.5 Å². The smallest absolute Gasteiger partial charge is 0.338 e. The summed E-state index contributed by atoms with van der Waals surface area (Å²) in [4.78, 5) is 17.5. The number of halogens is 1. The summed E-state index contributed by atoms with van der Waals surface area (Å²) in [5, 5.41) is 0.783. The average molecular weight is 442 g/mol. The normalized spacial score (nSPS) is 10.8. The number of ether oxygens (including phenoxy) is 2.